The number of hydrogen-bond acceptors (Lipinski definition) is 7. The van der Waals surface area contributed by atoms with Gasteiger partial charge in [-0.1, -0.05) is 12.1 Å². The van der Waals surface area contributed by atoms with Crippen LogP contribution in [-0.4, -0.2) is 36.5 Å². The molecular formula is C18H20N4O4. The van der Waals surface area contributed by atoms with Crippen LogP contribution in [0.2, 0.25) is 0 Å². The van der Waals surface area contributed by atoms with Gasteiger partial charge >= 0.3 is 0 Å². The van der Waals surface area contributed by atoms with Crippen LogP contribution in [-0.2, 0) is 6.61 Å². The predicted octanol–water partition coefficient (Wildman–Crippen LogP) is 2.66. The number of hydrogen-bond donors (Lipinski definition) is 2. The van der Waals surface area contributed by atoms with Crippen LogP contribution in [0.15, 0.2) is 36.4 Å². The van der Waals surface area contributed by atoms with Crippen molar-refractivity contribution in [2.45, 2.75) is 6.61 Å². The topological polar surface area (TPSA) is 105 Å². The largest absolute Gasteiger partial charge is 0.493 e. The molecule has 2 aromatic carbocycles. The van der Waals surface area contributed by atoms with E-state index in [-0.39, 0.29) is 6.61 Å². The Morgan fingerprint density at radius 2 is 1.65 bits per heavy atom. The van der Waals surface area contributed by atoms with Gasteiger partial charge in [-0.05, 0) is 24.3 Å². The summed E-state index contributed by atoms with van der Waals surface area (Å²) in [4.78, 5) is 4.45. The first kappa shape index (κ1) is 17.4. The molecule has 0 atom stereocenters. The fourth-order valence-corrected chi connectivity index (χ4v) is 2.46. The smallest absolute Gasteiger partial charge is 0.203 e. The van der Waals surface area contributed by atoms with Gasteiger partial charge in [-0.25, -0.2) is 4.98 Å². The molecule has 0 saturated heterocycles. The molecule has 1 heterocycles. The summed E-state index contributed by atoms with van der Waals surface area (Å²) in [7, 11) is 4.67. The molecule has 0 bridgehead atoms. The average molecular weight is 356 g/mol. The third-order valence-electron chi connectivity index (χ3n) is 3.74. The first-order chi connectivity index (χ1) is 12.7. The molecule has 0 aliphatic carbocycles. The third kappa shape index (κ3) is 3.49. The van der Waals surface area contributed by atoms with Crippen molar-refractivity contribution in [2.75, 3.05) is 27.1 Å². The van der Waals surface area contributed by atoms with Gasteiger partial charge in [-0.3, -0.25) is 5.10 Å². The lowest BCUT2D eigenvalue weighted by Gasteiger charge is -2.12. The Balaban J connectivity index is 1.82. The summed E-state index contributed by atoms with van der Waals surface area (Å²) in [5.41, 5.74) is 7.15. The number of nitrogens with two attached hydrogens (primary N) is 1. The van der Waals surface area contributed by atoms with Gasteiger partial charge in [0, 0.05) is 5.56 Å². The minimum atomic E-state index is 0.214. The first-order valence-electron chi connectivity index (χ1n) is 7.85. The molecule has 3 rings (SSSR count). The number of para-hydroxylation sites is 2. The van der Waals surface area contributed by atoms with E-state index in [4.69, 9.17) is 24.7 Å². The van der Waals surface area contributed by atoms with Crippen LogP contribution in [0.1, 0.15) is 5.82 Å². The van der Waals surface area contributed by atoms with Crippen LogP contribution in [0.3, 0.4) is 0 Å². The normalized spacial score (nSPS) is 10.4. The van der Waals surface area contributed by atoms with Crippen LogP contribution >= 0.6 is 0 Å². The molecule has 3 aromatic rings. The summed E-state index contributed by atoms with van der Waals surface area (Å²) >= 11 is 0. The van der Waals surface area contributed by atoms with Gasteiger partial charge in [0.15, 0.2) is 23.1 Å². The summed E-state index contributed by atoms with van der Waals surface area (Å²) in [5, 5.41) is 7.09. The van der Waals surface area contributed by atoms with Crippen molar-refractivity contribution in [1.29, 1.82) is 0 Å². The molecule has 136 valence electrons. The van der Waals surface area contributed by atoms with E-state index in [9.17, 15) is 0 Å². The zero-order chi connectivity index (χ0) is 18.5. The van der Waals surface area contributed by atoms with Crippen molar-refractivity contribution in [3.63, 3.8) is 0 Å². The van der Waals surface area contributed by atoms with Crippen LogP contribution in [0.25, 0.3) is 11.4 Å². The summed E-state index contributed by atoms with van der Waals surface area (Å²) in [6.45, 7) is 0.214. The second-order valence-electron chi connectivity index (χ2n) is 5.35. The van der Waals surface area contributed by atoms with E-state index in [0.717, 1.165) is 5.56 Å². The highest BCUT2D eigenvalue weighted by Crippen LogP contribution is 2.40. The van der Waals surface area contributed by atoms with E-state index < -0.39 is 0 Å². The number of aromatic amines is 1. The SMILES string of the molecule is COc1cc(-c2n[nH]c(COc3ccccc3N)n2)cc(OC)c1OC. The molecule has 0 aliphatic rings. The Morgan fingerprint density at radius 3 is 2.27 bits per heavy atom. The van der Waals surface area contributed by atoms with E-state index in [1.54, 1.807) is 45.6 Å². The summed E-state index contributed by atoms with van der Waals surface area (Å²) in [5.74, 6) is 3.22. The van der Waals surface area contributed by atoms with E-state index in [1.807, 2.05) is 12.1 Å². The number of anilines is 1. The van der Waals surface area contributed by atoms with Crippen LogP contribution in [0.4, 0.5) is 5.69 Å². The third-order valence-corrected chi connectivity index (χ3v) is 3.74. The first-order valence-corrected chi connectivity index (χ1v) is 7.85. The maximum Gasteiger partial charge on any atom is 0.203 e. The molecule has 26 heavy (non-hydrogen) atoms. The monoisotopic (exact) mass is 356 g/mol. The number of methoxy groups -OCH3 is 3. The molecule has 0 radical (unpaired) electrons. The second-order valence-corrected chi connectivity index (χ2v) is 5.35. The van der Waals surface area contributed by atoms with E-state index in [2.05, 4.69) is 15.2 Å². The zero-order valence-corrected chi connectivity index (χ0v) is 14.8. The lowest BCUT2D eigenvalue weighted by atomic mass is 10.1. The summed E-state index contributed by atoms with van der Waals surface area (Å²) in [6, 6.07) is 10.8. The Bertz CT molecular complexity index is 869. The molecule has 1 aromatic heterocycles. The van der Waals surface area contributed by atoms with Crippen molar-refractivity contribution in [1.82, 2.24) is 15.2 Å². The zero-order valence-electron chi connectivity index (χ0n) is 14.8. The second kappa shape index (κ2) is 7.64. The molecular weight excluding hydrogens is 336 g/mol. The molecule has 0 aliphatic heterocycles. The Kier molecular flexibility index (Phi) is 5.12. The lowest BCUT2D eigenvalue weighted by Crippen LogP contribution is -2.00. The highest BCUT2D eigenvalue weighted by Gasteiger charge is 2.16. The maximum absolute atomic E-state index is 5.86. The minimum Gasteiger partial charge on any atom is -0.493 e. The number of nitrogens with zero attached hydrogens (tertiary/aromatic N) is 2. The van der Waals surface area contributed by atoms with Crippen molar-refractivity contribution >= 4 is 5.69 Å². The number of nitrogen functional groups attached to an aromatic ring is 1. The Hall–Kier alpha value is -3.42. The van der Waals surface area contributed by atoms with Crippen LogP contribution < -0.4 is 24.7 Å². The molecule has 8 nitrogen and oxygen atoms in total. The molecule has 0 fully saturated rings. The number of rotatable bonds is 7. The minimum absolute atomic E-state index is 0.214. The van der Waals surface area contributed by atoms with Gasteiger partial charge in [-0.15, -0.1) is 0 Å². The van der Waals surface area contributed by atoms with Crippen molar-refractivity contribution in [3.05, 3.63) is 42.2 Å². The Labute approximate surface area is 150 Å². The molecule has 8 heteroatoms. The van der Waals surface area contributed by atoms with Crippen molar-refractivity contribution in [3.8, 4) is 34.4 Å². The average Bonchev–Trinajstić information content (AvgIpc) is 3.15. The molecule has 3 N–H and O–H groups in total. The number of H-pyrrole nitrogens is 1. The van der Waals surface area contributed by atoms with E-state index in [0.29, 0.717) is 40.3 Å². The highest BCUT2D eigenvalue weighted by molar-refractivity contribution is 5.66. The van der Waals surface area contributed by atoms with Crippen molar-refractivity contribution in [2.24, 2.45) is 0 Å². The standard InChI is InChI=1S/C18H20N4O4/c1-23-14-8-11(9-15(24-2)17(14)25-3)18-20-16(21-22-18)10-26-13-7-5-4-6-12(13)19/h4-9H,10,19H2,1-3H3,(H,20,21,22). The molecule has 0 unspecified atom stereocenters. The van der Waals surface area contributed by atoms with Gasteiger partial charge < -0.3 is 24.7 Å². The maximum atomic E-state index is 5.86. The van der Waals surface area contributed by atoms with Crippen LogP contribution in [0, 0.1) is 0 Å². The quantitative estimate of drug-likeness (QED) is 0.627. The number of nitrogens with one attached hydrogen (secondary N) is 1. The van der Waals surface area contributed by atoms with Crippen molar-refractivity contribution < 1.29 is 18.9 Å². The lowest BCUT2D eigenvalue weighted by molar-refractivity contribution is 0.298. The van der Waals surface area contributed by atoms with E-state index in [1.165, 1.54) is 0 Å². The molecule has 0 spiro atoms. The molecule has 0 saturated carbocycles. The van der Waals surface area contributed by atoms with Gasteiger partial charge in [0.25, 0.3) is 0 Å². The number of benzene rings is 2. The van der Waals surface area contributed by atoms with Gasteiger partial charge in [0.2, 0.25) is 5.75 Å². The summed E-state index contributed by atoms with van der Waals surface area (Å²) in [6.07, 6.45) is 0. The summed E-state index contributed by atoms with van der Waals surface area (Å²) < 4.78 is 21.7. The molecule has 0 amide bonds. The number of aromatic nitrogens is 3. The fourth-order valence-electron chi connectivity index (χ4n) is 2.46. The fraction of sp³-hybridized carbons (Fsp3) is 0.222. The van der Waals surface area contributed by atoms with Gasteiger partial charge in [-0.2, -0.15) is 5.10 Å². The van der Waals surface area contributed by atoms with E-state index >= 15 is 0 Å². The predicted molar refractivity (Wildman–Crippen MR) is 96.7 cm³/mol. The Morgan fingerprint density at radius 1 is 0.962 bits per heavy atom. The highest BCUT2D eigenvalue weighted by atomic mass is 16.5. The van der Waals surface area contributed by atoms with Gasteiger partial charge in [0.1, 0.15) is 12.4 Å². The van der Waals surface area contributed by atoms with Gasteiger partial charge in [0.05, 0.1) is 27.0 Å². The number of ether oxygens (including phenoxy) is 4. The van der Waals surface area contributed by atoms with Crippen LogP contribution in [0.5, 0.6) is 23.0 Å².